The maximum absolute atomic E-state index is 5.08. The summed E-state index contributed by atoms with van der Waals surface area (Å²) in [4.78, 5) is 3.91. The molecule has 0 aromatic carbocycles. The Morgan fingerprint density at radius 1 is 1.60 bits per heavy atom. The third kappa shape index (κ3) is 2.57. The standard InChI is InChI=1S/C6H9N3.CH4/c7-9-5-6-2-1-3-8-4-6;/h1-4,9H,5,7H2;1H4. The molecular weight excluding hydrogens is 126 g/mol. The first-order valence-electron chi connectivity index (χ1n) is 2.76. The van der Waals surface area contributed by atoms with Gasteiger partial charge in [0.25, 0.3) is 0 Å². The van der Waals surface area contributed by atoms with Gasteiger partial charge in [-0.1, -0.05) is 13.5 Å². The van der Waals surface area contributed by atoms with Crippen molar-refractivity contribution >= 4 is 0 Å². The summed E-state index contributed by atoms with van der Waals surface area (Å²) in [7, 11) is 0. The number of rotatable bonds is 2. The first kappa shape index (κ1) is 9.07. The molecule has 3 nitrogen and oxygen atoms in total. The van der Waals surface area contributed by atoms with E-state index < -0.39 is 0 Å². The van der Waals surface area contributed by atoms with Crippen molar-refractivity contribution in [3.8, 4) is 0 Å². The molecule has 56 valence electrons. The molecule has 10 heavy (non-hydrogen) atoms. The zero-order chi connectivity index (χ0) is 6.53. The highest BCUT2D eigenvalue weighted by Crippen LogP contribution is 1.91. The van der Waals surface area contributed by atoms with Crippen molar-refractivity contribution in [2.45, 2.75) is 14.0 Å². The van der Waals surface area contributed by atoms with E-state index in [1.54, 1.807) is 12.4 Å². The van der Waals surface area contributed by atoms with Crippen LogP contribution in [0.4, 0.5) is 0 Å². The van der Waals surface area contributed by atoms with Crippen molar-refractivity contribution in [1.29, 1.82) is 0 Å². The highest BCUT2D eigenvalue weighted by molar-refractivity contribution is 5.07. The van der Waals surface area contributed by atoms with Crippen LogP contribution in [0.15, 0.2) is 24.5 Å². The van der Waals surface area contributed by atoms with Crippen LogP contribution in [0.2, 0.25) is 0 Å². The number of hydrogen-bond donors (Lipinski definition) is 2. The zero-order valence-corrected chi connectivity index (χ0v) is 5.04. The second-order valence-corrected chi connectivity index (χ2v) is 1.74. The molecule has 0 amide bonds. The quantitative estimate of drug-likeness (QED) is 0.468. The lowest BCUT2D eigenvalue weighted by Crippen LogP contribution is -2.20. The molecule has 0 aliphatic rings. The molecule has 1 aromatic heterocycles. The topological polar surface area (TPSA) is 50.9 Å². The van der Waals surface area contributed by atoms with E-state index in [0.29, 0.717) is 6.54 Å². The van der Waals surface area contributed by atoms with E-state index in [4.69, 9.17) is 5.84 Å². The van der Waals surface area contributed by atoms with E-state index in [-0.39, 0.29) is 7.43 Å². The Hall–Kier alpha value is -0.930. The van der Waals surface area contributed by atoms with E-state index in [0.717, 1.165) is 5.56 Å². The summed E-state index contributed by atoms with van der Waals surface area (Å²) in [6.45, 7) is 0.674. The van der Waals surface area contributed by atoms with E-state index in [1.165, 1.54) is 0 Å². The van der Waals surface area contributed by atoms with Gasteiger partial charge in [-0.05, 0) is 11.6 Å². The maximum Gasteiger partial charge on any atom is 0.0363 e. The van der Waals surface area contributed by atoms with Crippen LogP contribution in [0.3, 0.4) is 0 Å². The minimum Gasteiger partial charge on any atom is -0.271 e. The molecule has 0 radical (unpaired) electrons. The number of aromatic nitrogens is 1. The summed E-state index contributed by atoms with van der Waals surface area (Å²) >= 11 is 0. The Labute approximate surface area is 61.2 Å². The molecule has 3 N–H and O–H groups in total. The third-order valence-corrected chi connectivity index (χ3v) is 1.03. The van der Waals surface area contributed by atoms with Gasteiger partial charge >= 0.3 is 0 Å². The first-order valence-corrected chi connectivity index (χ1v) is 2.76. The van der Waals surface area contributed by atoms with Gasteiger partial charge in [0.1, 0.15) is 0 Å². The lowest BCUT2D eigenvalue weighted by molar-refractivity contribution is 0.738. The summed E-state index contributed by atoms with van der Waals surface area (Å²) in [5.41, 5.74) is 3.64. The largest absolute Gasteiger partial charge is 0.271 e. The van der Waals surface area contributed by atoms with Gasteiger partial charge in [-0.15, -0.1) is 0 Å². The normalized spacial score (nSPS) is 8.50. The highest BCUT2D eigenvalue weighted by Gasteiger charge is 1.84. The molecular formula is C7H13N3. The lowest BCUT2D eigenvalue weighted by atomic mass is 10.3. The summed E-state index contributed by atoms with van der Waals surface area (Å²) in [6, 6.07) is 3.85. The maximum atomic E-state index is 5.08. The van der Waals surface area contributed by atoms with Gasteiger partial charge in [0.05, 0.1) is 0 Å². The number of hydrogen-bond acceptors (Lipinski definition) is 3. The Kier molecular flexibility index (Phi) is 4.45. The first-order chi connectivity index (χ1) is 4.43. The van der Waals surface area contributed by atoms with Crippen LogP contribution in [0.5, 0.6) is 0 Å². The average Bonchev–Trinajstić information content (AvgIpc) is 1.91. The summed E-state index contributed by atoms with van der Waals surface area (Å²) in [5, 5.41) is 0. The SMILES string of the molecule is C.NNCc1cccnc1. The summed E-state index contributed by atoms with van der Waals surface area (Å²) in [6.07, 6.45) is 3.51. The third-order valence-electron chi connectivity index (χ3n) is 1.03. The van der Waals surface area contributed by atoms with Crippen LogP contribution < -0.4 is 11.3 Å². The Morgan fingerprint density at radius 3 is 2.90 bits per heavy atom. The molecule has 1 aromatic rings. The molecule has 0 saturated carbocycles. The number of nitrogens with two attached hydrogens (primary N) is 1. The van der Waals surface area contributed by atoms with Crippen LogP contribution in [0.1, 0.15) is 13.0 Å². The van der Waals surface area contributed by atoms with Gasteiger partial charge in [-0.3, -0.25) is 16.3 Å². The van der Waals surface area contributed by atoms with Crippen molar-refractivity contribution in [3.63, 3.8) is 0 Å². The molecule has 0 saturated heterocycles. The Bertz CT molecular complexity index is 162. The van der Waals surface area contributed by atoms with E-state index in [2.05, 4.69) is 10.4 Å². The average molecular weight is 139 g/mol. The van der Waals surface area contributed by atoms with Crippen molar-refractivity contribution in [2.75, 3.05) is 0 Å². The summed E-state index contributed by atoms with van der Waals surface area (Å²) < 4.78 is 0. The monoisotopic (exact) mass is 139 g/mol. The molecule has 0 atom stereocenters. The molecule has 0 aliphatic heterocycles. The van der Waals surface area contributed by atoms with Gasteiger partial charge in [-0.25, -0.2) is 0 Å². The van der Waals surface area contributed by atoms with Crippen LogP contribution in [0, 0.1) is 0 Å². The lowest BCUT2D eigenvalue weighted by Gasteiger charge is -1.95. The number of hydrazine groups is 1. The van der Waals surface area contributed by atoms with Crippen molar-refractivity contribution < 1.29 is 0 Å². The molecule has 0 unspecified atom stereocenters. The molecule has 1 rings (SSSR count). The Morgan fingerprint density at radius 2 is 2.40 bits per heavy atom. The van der Waals surface area contributed by atoms with Gasteiger partial charge in [0.15, 0.2) is 0 Å². The molecule has 1 heterocycles. The smallest absolute Gasteiger partial charge is 0.0363 e. The van der Waals surface area contributed by atoms with Crippen LogP contribution in [-0.4, -0.2) is 4.98 Å². The van der Waals surface area contributed by atoms with E-state index >= 15 is 0 Å². The second-order valence-electron chi connectivity index (χ2n) is 1.74. The molecule has 3 heteroatoms. The van der Waals surface area contributed by atoms with E-state index in [1.807, 2.05) is 12.1 Å². The predicted molar refractivity (Wildman–Crippen MR) is 42.0 cm³/mol. The van der Waals surface area contributed by atoms with Crippen molar-refractivity contribution in [2.24, 2.45) is 5.84 Å². The molecule has 0 fully saturated rings. The van der Waals surface area contributed by atoms with Gasteiger partial charge in [0.2, 0.25) is 0 Å². The fourth-order valence-electron chi connectivity index (χ4n) is 0.621. The van der Waals surface area contributed by atoms with Crippen LogP contribution in [0.25, 0.3) is 0 Å². The minimum atomic E-state index is 0. The fraction of sp³-hybridized carbons (Fsp3) is 0.286. The van der Waals surface area contributed by atoms with Gasteiger partial charge in [0, 0.05) is 18.9 Å². The minimum absolute atomic E-state index is 0. The van der Waals surface area contributed by atoms with Crippen LogP contribution in [-0.2, 0) is 6.54 Å². The van der Waals surface area contributed by atoms with Crippen molar-refractivity contribution in [1.82, 2.24) is 10.4 Å². The van der Waals surface area contributed by atoms with Crippen LogP contribution >= 0.6 is 0 Å². The van der Waals surface area contributed by atoms with E-state index in [9.17, 15) is 0 Å². The number of nitrogens with one attached hydrogen (secondary N) is 1. The number of pyridine rings is 1. The Balaban J connectivity index is 0.000000810. The predicted octanol–water partition coefficient (Wildman–Crippen LogP) is 0.681. The van der Waals surface area contributed by atoms with Gasteiger partial charge < -0.3 is 0 Å². The molecule has 0 spiro atoms. The van der Waals surface area contributed by atoms with Gasteiger partial charge in [-0.2, -0.15) is 0 Å². The molecule has 0 bridgehead atoms. The second kappa shape index (κ2) is 4.90. The highest BCUT2D eigenvalue weighted by atomic mass is 15.2. The molecule has 0 aliphatic carbocycles. The number of nitrogens with zero attached hydrogens (tertiary/aromatic N) is 1. The zero-order valence-electron chi connectivity index (χ0n) is 5.04. The fourth-order valence-corrected chi connectivity index (χ4v) is 0.621. The van der Waals surface area contributed by atoms with Crippen molar-refractivity contribution in [3.05, 3.63) is 30.1 Å². The summed E-state index contributed by atoms with van der Waals surface area (Å²) in [5.74, 6) is 5.08.